The molecule has 0 bridgehead atoms. The molecule has 29 heavy (non-hydrogen) atoms. The minimum absolute atomic E-state index is 0.102. The summed E-state index contributed by atoms with van der Waals surface area (Å²) in [4.78, 5) is 23.9. The Hall–Kier alpha value is -2.32. The number of methoxy groups -OCH3 is 2. The minimum Gasteiger partial charge on any atom is -0.497 e. The Balaban J connectivity index is 1.49. The number of amides is 1. The molecule has 0 saturated heterocycles. The number of nitrogens with one attached hydrogen (secondary N) is 1. The first-order valence-corrected chi connectivity index (χ1v) is 11.3. The van der Waals surface area contributed by atoms with E-state index in [9.17, 15) is 4.79 Å². The zero-order valence-corrected chi connectivity index (χ0v) is 18.3. The van der Waals surface area contributed by atoms with Crippen LogP contribution < -0.4 is 14.8 Å². The number of nitrogens with zero attached hydrogens (tertiary/aromatic N) is 2. The topological polar surface area (TPSA) is 73.3 Å². The molecule has 1 N–H and O–H groups in total. The number of rotatable bonds is 6. The first-order valence-electron chi connectivity index (χ1n) is 9.48. The van der Waals surface area contributed by atoms with Crippen LogP contribution in [0.5, 0.6) is 11.5 Å². The lowest BCUT2D eigenvalue weighted by atomic mass is 9.89. The van der Waals surface area contributed by atoms with Crippen molar-refractivity contribution in [3.8, 4) is 11.5 Å². The molecule has 4 rings (SSSR count). The average Bonchev–Trinajstić information content (AvgIpc) is 3.09. The van der Waals surface area contributed by atoms with E-state index in [-0.39, 0.29) is 11.7 Å². The standard InChI is InChI=1S/C21H23N3O3S2/c1-12-4-5-16-17(6-12)29-21-19(16)20(22-11-23-21)28-10-18(25)24-13-7-14(26-2)9-15(8-13)27-3/h7-9,11-12H,4-6,10H2,1-3H3,(H,24,25)/t12-/m0/s1. The molecule has 0 unspecified atom stereocenters. The van der Waals surface area contributed by atoms with Gasteiger partial charge in [-0.3, -0.25) is 4.79 Å². The molecule has 0 spiro atoms. The summed E-state index contributed by atoms with van der Waals surface area (Å²) in [6, 6.07) is 5.30. The second kappa shape index (κ2) is 8.59. The SMILES string of the molecule is COc1cc(NC(=O)CSc2ncnc3sc4c(c23)CC[C@H](C)C4)cc(OC)c1. The minimum atomic E-state index is -0.102. The van der Waals surface area contributed by atoms with E-state index in [4.69, 9.17) is 9.47 Å². The van der Waals surface area contributed by atoms with E-state index in [0.29, 0.717) is 23.1 Å². The normalized spacial score (nSPS) is 15.8. The Bertz CT molecular complexity index is 1030. The lowest BCUT2D eigenvalue weighted by molar-refractivity contribution is -0.113. The van der Waals surface area contributed by atoms with Crippen LogP contribution in [-0.4, -0.2) is 35.8 Å². The third kappa shape index (κ3) is 4.33. The third-order valence-electron chi connectivity index (χ3n) is 5.03. The van der Waals surface area contributed by atoms with Gasteiger partial charge in [0.1, 0.15) is 27.7 Å². The monoisotopic (exact) mass is 429 g/mol. The summed E-state index contributed by atoms with van der Waals surface area (Å²) in [5.41, 5.74) is 2.02. The van der Waals surface area contributed by atoms with Gasteiger partial charge in [-0.15, -0.1) is 11.3 Å². The number of benzene rings is 1. The molecule has 152 valence electrons. The maximum absolute atomic E-state index is 12.5. The van der Waals surface area contributed by atoms with Crippen LogP contribution in [-0.2, 0) is 17.6 Å². The predicted octanol–water partition coefficient (Wildman–Crippen LogP) is 4.56. The quantitative estimate of drug-likeness (QED) is 0.457. The summed E-state index contributed by atoms with van der Waals surface area (Å²) in [5.74, 6) is 2.14. The largest absolute Gasteiger partial charge is 0.497 e. The zero-order valence-electron chi connectivity index (χ0n) is 16.7. The number of hydrogen-bond acceptors (Lipinski definition) is 7. The van der Waals surface area contributed by atoms with Crippen molar-refractivity contribution in [3.05, 3.63) is 35.0 Å². The second-order valence-electron chi connectivity index (χ2n) is 7.15. The molecule has 2 aromatic heterocycles. The average molecular weight is 430 g/mol. The summed E-state index contributed by atoms with van der Waals surface area (Å²) in [6.45, 7) is 2.30. The van der Waals surface area contributed by atoms with E-state index < -0.39 is 0 Å². The maximum atomic E-state index is 12.5. The smallest absolute Gasteiger partial charge is 0.234 e. The van der Waals surface area contributed by atoms with Gasteiger partial charge in [-0.25, -0.2) is 9.97 Å². The van der Waals surface area contributed by atoms with Crippen LogP contribution in [0.4, 0.5) is 5.69 Å². The van der Waals surface area contributed by atoms with E-state index in [1.54, 1.807) is 50.1 Å². The summed E-state index contributed by atoms with van der Waals surface area (Å²) in [7, 11) is 3.16. The van der Waals surface area contributed by atoms with Gasteiger partial charge in [0.15, 0.2) is 0 Å². The van der Waals surface area contributed by atoms with Crippen LogP contribution in [0.25, 0.3) is 10.2 Å². The van der Waals surface area contributed by atoms with Gasteiger partial charge in [0.25, 0.3) is 0 Å². The number of ether oxygens (including phenoxy) is 2. The van der Waals surface area contributed by atoms with Crippen molar-refractivity contribution >= 4 is 44.9 Å². The van der Waals surface area contributed by atoms with Crippen LogP contribution in [0.2, 0.25) is 0 Å². The molecule has 2 heterocycles. The van der Waals surface area contributed by atoms with E-state index in [2.05, 4.69) is 22.2 Å². The molecule has 0 radical (unpaired) electrons. The van der Waals surface area contributed by atoms with E-state index in [0.717, 1.165) is 28.1 Å². The highest BCUT2D eigenvalue weighted by Gasteiger charge is 2.23. The third-order valence-corrected chi connectivity index (χ3v) is 7.18. The molecule has 1 aliphatic rings. The number of carbonyl (C=O) groups is 1. The Morgan fingerprint density at radius 3 is 2.72 bits per heavy atom. The van der Waals surface area contributed by atoms with Gasteiger partial charge in [-0.05, 0) is 30.7 Å². The van der Waals surface area contributed by atoms with Crippen LogP contribution in [0.1, 0.15) is 23.8 Å². The fourth-order valence-corrected chi connectivity index (χ4v) is 5.81. The molecule has 3 aromatic rings. The van der Waals surface area contributed by atoms with Gasteiger partial charge in [0, 0.05) is 34.1 Å². The number of thioether (sulfide) groups is 1. The first kappa shape index (κ1) is 20.0. The van der Waals surface area contributed by atoms with Gasteiger partial charge in [-0.2, -0.15) is 0 Å². The molecule has 1 atom stereocenters. The van der Waals surface area contributed by atoms with Gasteiger partial charge in [-0.1, -0.05) is 18.7 Å². The van der Waals surface area contributed by atoms with Gasteiger partial charge in [0.2, 0.25) is 5.91 Å². The fraction of sp³-hybridized carbons (Fsp3) is 0.381. The van der Waals surface area contributed by atoms with Crippen molar-refractivity contribution in [3.63, 3.8) is 0 Å². The molecular formula is C21H23N3O3S2. The number of carbonyl (C=O) groups excluding carboxylic acids is 1. The molecular weight excluding hydrogens is 406 g/mol. The van der Waals surface area contributed by atoms with Crippen molar-refractivity contribution in [1.29, 1.82) is 0 Å². The number of aryl methyl sites for hydroxylation is 1. The number of thiophene rings is 1. The van der Waals surface area contributed by atoms with Gasteiger partial charge >= 0.3 is 0 Å². The Labute approximate surface area is 178 Å². The Morgan fingerprint density at radius 1 is 1.24 bits per heavy atom. The Kier molecular flexibility index (Phi) is 5.91. The number of aromatic nitrogens is 2. The van der Waals surface area contributed by atoms with Gasteiger partial charge < -0.3 is 14.8 Å². The van der Waals surface area contributed by atoms with Crippen LogP contribution >= 0.6 is 23.1 Å². The summed E-state index contributed by atoms with van der Waals surface area (Å²) in [6.07, 6.45) is 4.96. The van der Waals surface area contributed by atoms with Crippen molar-refractivity contribution in [2.24, 2.45) is 5.92 Å². The summed E-state index contributed by atoms with van der Waals surface area (Å²) in [5, 5.41) is 4.94. The molecule has 0 saturated carbocycles. The second-order valence-corrected chi connectivity index (χ2v) is 9.20. The van der Waals surface area contributed by atoms with Gasteiger partial charge in [0.05, 0.1) is 20.0 Å². The van der Waals surface area contributed by atoms with Crippen LogP contribution in [0.3, 0.4) is 0 Å². The van der Waals surface area contributed by atoms with Crippen LogP contribution in [0, 0.1) is 5.92 Å². The highest BCUT2D eigenvalue weighted by molar-refractivity contribution is 8.00. The maximum Gasteiger partial charge on any atom is 0.234 e. The predicted molar refractivity (Wildman–Crippen MR) is 118 cm³/mol. The van der Waals surface area contributed by atoms with Crippen LogP contribution in [0.15, 0.2) is 29.6 Å². The number of hydrogen-bond donors (Lipinski definition) is 1. The summed E-state index contributed by atoms with van der Waals surface area (Å²) >= 11 is 3.23. The lowest BCUT2D eigenvalue weighted by Gasteiger charge is -2.18. The van der Waals surface area contributed by atoms with E-state index in [1.807, 2.05) is 0 Å². The molecule has 0 aliphatic heterocycles. The van der Waals surface area contributed by atoms with E-state index in [1.165, 1.54) is 28.6 Å². The van der Waals surface area contributed by atoms with Crippen molar-refractivity contribution in [2.45, 2.75) is 31.2 Å². The molecule has 6 nitrogen and oxygen atoms in total. The Morgan fingerprint density at radius 2 is 2.00 bits per heavy atom. The zero-order chi connectivity index (χ0) is 20.4. The molecule has 1 aliphatic carbocycles. The van der Waals surface area contributed by atoms with Crippen molar-refractivity contribution in [2.75, 3.05) is 25.3 Å². The number of anilines is 1. The molecule has 1 aromatic carbocycles. The van der Waals surface area contributed by atoms with E-state index >= 15 is 0 Å². The highest BCUT2D eigenvalue weighted by atomic mass is 32.2. The summed E-state index contributed by atoms with van der Waals surface area (Å²) < 4.78 is 10.5. The molecule has 8 heteroatoms. The van der Waals surface area contributed by atoms with Crippen molar-refractivity contribution in [1.82, 2.24) is 9.97 Å². The first-order chi connectivity index (χ1) is 14.1. The van der Waals surface area contributed by atoms with Crippen molar-refractivity contribution < 1.29 is 14.3 Å². The fourth-order valence-electron chi connectivity index (χ4n) is 3.57. The highest BCUT2D eigenvalue weighted by Crippen LogP contribution is 2.40. The lowest BCUT2D eigenvalue weighted by Crippen LogP contribution is -2.14. The molecule has 1 amide bonds. The molecule has 0 fully saturated rings. The number of fused-ring (bicyclic) bond motifs is 3.